The summed E-state index contributed by atoms with van der Waals surface area (Å²) in [6.07, 6.45) is 0. The number of hydrogen-bond donors (Lipinski definition) is 0. The molecule has 78 valence electrons. The van der Waals surface area contributed by atoms with E-state index in [1.807, 2.05) is 26.8 Å². The average Bonchev–Trinajstić information content (AvgIpc) is 2.51. The summed E-state index contributed by atoms with van der Waals surface area (Å²) >= 11 is 0. The molecule has 1 aromatic carbocycles. The van der Waals surface area contributed by atoms with Gasteiger partial charge in [0.1, 0.15) is 5.58 Å². The molecule has 2 nitrogen and oxygen atoms in total. The van der Waals surface area contributed by atoms with Gasteiger partial charge in [-0.05, 0) is 31.9 Å². The van der Waals surface area contributed by atoms with Crippen molar-refractivity contribution in [2.75, 3.05) is 0 Å². The van der Waals surface area contributed by atoms with Crippen LogP contribution in [-0.4, -0.2) is 5.78 Å². The molecule has 2 rings (SSSR count). The third kappa shape index (κ3) is 1.37. The van der Waals surface area contributed by atoms with Crippen LogP contribution in [0.3, 0.4) is 0 Å². The van der Waals surface area contributed by atoms with Gasteiger partial charge in [-0.3, -0.25) is 4.79 Å². The number of furan rings is 1. The van der Waals surface area contributed by atoms with Gasteiger partial charge in [0.15, 0.2) is 11.5 Å². The van der Waals surface area contributed by atoms with Gasteiger partial charge >= 0.3 is 0 Å². The normalized spacial score (nSPS) is 10.9. The van der Waals surface area contributed by atoms with E-state index < -0.39 is 0 Å². The summed E-state index contributed by atoms with van der Waals surface area (Å²) in [5.74, 6) is 0.477. The maximum absolute atomic E-state index is 11.4. The van der Waals surface area contributed by atoms with Crippen molar-refractivity contribution in [3.05, 3.63) is 34.6 Å². The zero-order valence-corrected chi connectivity index (χ0v) is 9.47. The van der Waals surface area contributed by atoms with Crippen molar-refractivity contribution < 1.29 is 9.21 Å². The maximum atomic E-state index is 11.4. The number of hydrogen-bond acceptors (Lipinski definition) is 2. The highest BCUT2D eigenvalue weighted by Gasteiger charge is 2.16. The molecule has 2 aromatic rings. The van der Waals surface area contributed by atoms with Crippen LogP contribution in [0, 0.1) is 20.8 Å². The van der Waals surface area contributed by atoms with Crippen LogP contribution in [0.15, 0.2) is 16.5 Å². The molecule has 1 heterocycles. The Bertz CT molecular complexity index is 547. The zero-order valence-electron chi connectivity index (χ0n) is 9.47. The Morgan fingerprint density at radius 2 is 1.73 bits per heavy atom. The van der Waals surface area contributed by atoms with E-state index in [0.717, 1.165) is 27.7 Å². The number of benzene rings is 1. The first-order valence-electron chi connectivity index (χ1n) is 5.02. The van der Waals surface area contributed by atoms with Crippen molar-refractivity contribution in [3.8, 4) is 0 Å². The highest BCUT2D eigenvalue weighted by molar-refractivity contribution is 6.00. The van der Waals surface area contributed by atoms with Crippen LogP contribution in [-0.2, 0) is 0 Å². The molecule has 1 aromatic heterocycles. The van der Waals surface area contributed by atoms with Gasteiger partial charge < -0.3 is 4.42 Å². The molecule has 0 aliphatic heterocycles. The Kier molecular flexibility index (Phi) is 2.14. The fraction of sp³-hybridized carbons (Fsp3) is 0.308. The number of ketones is 1. The quantitative estimate of drug-likeness (QED) is 0.662. The van der Waals surface area contributed by atoms with Crippen LogP contribution in [0.4, 0.5) is 0 Å². The molecule has 0 aliphatic carbocycles. The summed E-state index contributed by atoms with van der Waals surface area (Å²) in [5.41, 5.74) is 4.03. The monoisotopic (exact) mass is 202 g/mol. The zero-order chi connectivity index (χ0) is 11.2. The van der Waals surface area contributed by atoms with Crippen molar-refractivity contribution in [2.45, 2.75) is 27.7 Å². The molecule has 0 amide bonds. The molecule has 0 aliphatic rings. The predicted octanol–water partition coefficient (Wildman–Crippen LogP) is 3.56. The number of fused-ring (bicyclic) bond motifs is 1. The Hall–Kier alpha value is -1.57. The van der Waals surface area contributed by atoms with Gasteiger partial charge in [0.25, 0.3) is 0 Å². The van der Waals surface area contributed by atoms with Crippen molar-refractivity contribution in [2.24, 2.45) is 0 Å². The highest BCUT2D eigenvalue weighted by Crippen LogP contribution is 2.30. The molecule has 0 unspecified atom stereocenters. The van der Waals surface area contributed by atoms with Crippen molar-refractivity contribution in [1.82, 2.24) is 0 Å². The third-order valence-electron chi connectivity index (χ3n) is 2.80. The van der Waals surface area contributed by atoms with Crippen LogP contribution in [0.25, 0.3) is 11.0 Å². The lowest BCUT2D eigenvalue weighted by molar-refractivity contribution is 0.0988. The van der Waals surface area contributed by atoms with Crippen LogP contribution in [0.1, 0.15) is 34.2 Å². The van der Waals surface area contributed by atoms with Crippen LogP contribution >= 0.6 is 0 Å². The fourth-order valence-electron chi connectivity index (χ4n) is 2.01. The molecule has 0 atom stereocenters. The summed E-state index contributed by atoms with van der Waals surface area (Å²) in [7, 11) is 0. The van der Waals surface area contributed by atoms with Gasteiger partial charge in [-0.15, -0.1) is 0 Å². The Labute approximate surface area is 88.9 Å². The standard InChI is InChI=1S/C13H14O2/c1-7-5-6-8(2)12-11(7)9(3)13(15-12)10(4)14/h5-6H,1-4H3. The van der Waals surface area contributed by atoms with E-state index in [2.05, 4.69) is 6.07 Å². The molecule has 0 saturated carbocycles. The minimum absolute atomic E-state index is 0.0116. The molecular weight excluding hydrogens is 188 g/mol. The molecule has 0 saturated heterocycles. The Morgan fingerprint density at radius 1 is 1.13 bits per heavy atom. The second-order valence-electron chi connectivity index (χ2n) is 4.02. The number of carbonyl (C=O) groups excluding carboxylic acids is 1. The second kappa shape index (κ2) is 3.23. The molecule has 0 radical (unpaired) electrons. The summed E-state index contributed by atoms with van der Waals surface area (Å²) in [6, 6.07) is 4.08. The smallest absolute Gasteiger partial charge is 0.195 e. The van der Waals surface area contributed by atoms with Crippen LogP contribution in [0.5, 0.6) is 0 Å². The molecule has 2 heteroatoms. The van der Waals surface area contributed by atoms with Gasteiger partial charge in [0, 0.05) is 17.9 Å². The molecule has 0 spiro atoms. The van der Waals surface area contributed by atoms with E-state index in [1.165, 1.54) is 6.92 Å². The lowest BCUT2D eigenvalue weighted by Gasteiger charge is -1.98. The van der Waals surface area contributed by atoms with Gasteiger partial charge in [-0.2, -0.15) is 0 Å². The van der Waals surface area contributed by atoms with Crippen LogP contribution < -0.4 is 0 Å². The molecule has 0 bridgehead atoms. The van der Waals surface area contributed by atoms with Crippen LogP contribution in [0.2, 0.25) is 0 Å². The minimum atomic E-state index is -0.0116. The predicted molar refractivity (Wildman–Crippen MR) is 60.4 cm³/mol. The third-order valence-corrected chi connectivity index (χ3v) is 2.80. The number of Topliss-reactive ketones (excluding diaryl/α,β-unsaturated/α-hetero) is 1. The summed E-state index contributed by atoms with van der Waals surface area (Å²) in [6.45, 7) is 7.51. The topological polar surface area (TPSA) is 30.2 Å². The SMILES string of the molecule is CC(=O)c1oc2c(C)ccc(C)c2c1C. The maximum Gasteiger partial charge on any atom is 0.195 e. The van der Waals surface area contributed by atoms with E-state index in [1.54, 1.807) is 0 Å². The van der Waals surface area contributed by atoms with Gasteiger partial charge in [-0.1, -0.05) is 12.1 Å². The number of aryl methyl sites for hydroxylation is 3. The summed E-state index contributed by atoms with van der Waals surface area (Å²) < 4.78 is 5.62. The van der Waals surface area contributed by atoms with E-state index in [0.29, 0.717) is 5.76 Å². The Balaban J connectivity index is 2.93. The number of carbonyl (C=O) groups is 1. The summed E-state index contributed by atoms with van der Waals surface area (Å²) in [5, 5.41) is 1.08. The molecule has 0 N–H and O–H groups in total. The molecule has 0 fully saturated rings. The van der Waals surface area contributed by atoms with E-state index in [-0.39, 0.29) is 5.78 Å². The number of rotatable bonds is 1. The van der Waals surface area contributed by atoms with E-state index in [9.17, 15) is 4.79 Å². The van der Waals surface area contributed by atoms with Crippen molar-refractivity contribution >= 4 is 16.8 Å². The summed E-state index contributed by atoms with van der Waals surface area (Å²) in [4.78, 5) is 11.4. The lowest BCUT2D eigenvalue weighted by Crippen LogP contribution is -1.90. The fourth-order valence-corrected chi connectivity index (χ4v) is 2.01. The first kappa shape index (κ1) is 9.97. The first-order chi connectivity index (χ1) is 7.02. The molecule has 15 heavy (non-hydrogen) atoms. The van der Waals surface area contributed by atoms with Crippen molar-refractivity contribution in [1.29, 1.82) is 0 Å². The van der Waals surface area contributed by atoms with Gasteiger partial charge in [-0.25, -0.2) is 0 Å². The highest BCUT2D eigenvalue weighted by atomic mass is 16.3. The lowest BCUT2D eigenvalue weighted by atomic mass is 10.0. The van der Waals surface area contributed by atoms with Crippen molar-refractivity contribution in [3.63, 3.8) is 0 Å². The Morgan fingerprint density at radius 3 is 2.27 bits per heavy atom. The van der Waals surface area contributed by atoms with E-state index >= 15 is 0 Å². The minimum Gasteiger partial charge on any atom is -0.452 e. The molecular formula is C13H14O2. The van der Waals surface area contributed by atoms with E-state index in [4.69, 9.17) is 4.42 Å². The second-order valence-corrected chi connectivity index (χ2v) is 4.02. The van der Waals surface area contributed by atoms with Gasteiger partial charge in [0.05, 0.1) is 0 Å². The van der Waals surface area contributed by atoms with Gasteiger partial charge in [0.2, 0.25) is 0 Å². The first-order valence-corrected chi connectivity index (χ1v) is 5.02. The largest absolute Gasteiger partial charge is 0.452 e. The average molecular weight is 202 g/mol.